The van der Waals surface area contributed by atoms with Crippen LogP contribution in [0.3, 0.4) is 0 Å². The van der Waals surface area contributed by atoms with Crippen LogP contribution in [0.25, 0.3) is 0 Å². The predicted molar refractivity (Wildman–Crippen MR) is 112 cm³/mol. The summed E-state index contributed by atoms with van der Waals surface area (Å²) in [6, 6.07) is 17.6. The van der Waals surface area contributed by atoms with Gasteiger partial charge in [0.25, 0.3) is 0 Å². The predicted octanol–water partition coefficient (Wildman–Crippen LogP) is 3.82. The zero-order valence-corrected chi connectivity index (χ0v) is 16.6. The molecule has 143 valence electrons. The zero-order chi connectivity index (χ0) is 18.6. The minimum Gasteiger partial charge on any atom is -0.347 e. The summed E-state index contributed by atoms with van der Waals surface area (Å²) in [6.07, 6.45) is 1.36. The van der Waals surface area contributed by atoms with Gasteiger partial charge in [0, 0.05) is 38.4 Å². The summed E-state index contributed by atoms with van der Waals surface area (Å²) < 4.78 is 0. The standard InChI is InChI=1S/C23H31N4/c1-3-13-26-14-15-27(22-12-8-6-10-20(22)17-26)23-18-25(4-2)16-19-9-5-7-11-21(19)24-23/h5-12,23H,3-4,13-18H2,1-2H3. The molecular formula is C23H31N4. The molecule has 4 nitrogen and oxygen atoms in total. The summed E-state index contributed by atoms with van der Waals surface area (Å²) in [4.78, 5) is 7.66. The number of hydrogen-bond acceptors (Lipinski definition) is 3. The Balaban J connectivity index is 1.67. The normalized spacial score (nSPS) is 21.0. The lowest BCUT2D eigenvalue weighted by molar-refractivity contribution is 0.249. The van der Waals surface area contributed by atoms with Crippen molar-refractivity contribution in [2.75, 3.05) is 37.6 Å². The molecule has 2 aliphatic heterocycles. The van der Waals surface area contributed by atoms with Crippen LogP contribution in [0, 0.1) is 0 Å². The largest absolute Gasteiger partial charge is 0.347 e. The Hall–Kier alpha value is -2.04. The third kappa shape index (κ3) is 3.97. The van der Waals surface area contributed by atoms with Gasteiger partial charge in [-0.2, -0.15) is 0 Å². The Morgan fingerprint density at radius 1 is 0.889 bits per heavy atom. The van der Waals surface area contributed by atoms with E-state index in [4.69, 9.17) is 5.32 Å². The van der Waals surface area contributed by atoms with Crippen molar-refractivity contribution in [3.63, 3.8) is 0 Å². The van der Waals surface area contributed by atoms with Crippen molar-refractivity contribution in [2.24, 2.45) is 0 Å². The van der Waals surface area contributed by atoms with Crippen LogP contribution in [-0.2, 0) is 13.1 Å². The van der Waals surface area contributed by atoms with Gasteiger partial charge in [0.05, 0.1) is 5.69 Å². The van der Waals surface area contributed by atoms with E-state index >= 15 is 0 Å². The molecule has 2 heterocycles. The van der Waals surface area contributed by atoms with Crippen LogP contribution in [0.5, 0.6) is 0 Å². The molecule has 0 N–H and O–H groups in total. The van der Waals surface area contributed by atoms with Crippen LogP contribution in [0.2, 0.25) is 0 Å². The summed E-state index contributed by atoms with van der Waals surface area (Å²) in [5, 5.41) is 5.24. The maximum Gasteiger partial charge on any atom is 0.134 e. The van der Waals surface area contributed by atoms with Crippen LogP contribution in [-0.4, -0.2) is 48.7 Å². The smallest absolute Gasteiger partial charge is 0.134 e. The SMILES string of the molecule is CCCN1CCN(C2CN(CC)Cc3ccccc3[N]2)c2ccccc2C1. The molecule has 0 saturated carbocycles. The number of fused-ring (bicyclic) bond motifs is 2. The molecule has 1 unspecified atom stereocenters. The maximum atomic E-state index is 5.24. The summed E-state index contributed by atoms with van der Waals surface area (Å²) in [6.45, 7) is 11.9. The van der Waals surface area contributed by atoms with Crippen LogP contribution < -0.4 is 10.2 Å². The third-order valence-corrected chi connectivity index (χ3v) is 5.79. The molecule has 0 spiro atoms. The van der Waals surface area contributed by atoms with E-state index in [9.17, 15) is 0 Å². The van der Waals surface area contributed by atoms with Crippen LogP contribution in [0.4, 0.5) is 11.4 Å². The van der Waals surface area contributed by atoms with Gasteiger partial charge in [-0.1, -0.05) is 50.2 Å². The first-order valence-corrected chi connectivity index (χ1v) is 10.4. The van der Waals surface area contributed by atoms with Crippen molar-refractivity contribution in [3.8, 4) is 0 Å². The Morgan fingerprint density at radius 3 is 2.44 bits per heavy atom. The third-order valence-electron chi connectivity index (χ3n) is 5.79. The monoisotopic (exact) mass is 363 g/mol. The number of hydrogen-bond donors (Lipinski definition) is 0. The van der Waals surface area contributed by atoms with Crippen molar-refractivity contribution in [2.45, 2.75) is 39.5 Å². The van der Waals surface area contributed by atoms with Crippen molar-refractivity contribution < 1.29 is 0 Å². The molecule has 0 aliphatic carbocycles. The van der Waals surface area contributed by atoms with Crippen molar-refractivity contribution >= 4 is 11.4 Å². The number of rotatable bonds is 4. The van der Waals surface area contributed by atoms with Crippen molar-refractivity contribution in [1.82, 2.24) is 15.1 Å². The molecule has 2 aromatic carbocycles. The number of para-hydroxylation sites is 2. The van der Waals surface area contributed by atoms with E-state index in [0.29, 0.717) is 0 Å². The van der Waals surface area contributed by atoms with Crippen molar-refractivity contribution in [3.05, 3.63) is 59.7 Å². The Labute approximate surface area is 163 Å². The molecule has 2 aromatic rings. The fraction of sp³-hybridized carbons (Fsp3) is 0.478. The molecule has 1 radical (unpaired) electrons. The summed E-state index contributed by atoms with van der Waals surface area (Å²) in [7, 11) is 0. The second-order valence-corrected chi connectivity index (χ2v) is 7.66. The fourth-order valence-corrected chi connectivity index (χ4v) is 4.35. The first-order chi connectivity index (χ1) is 13.3. The number of benzene rings is 2. The topological polar surface area (TPSA) is 23.8 Å². The molecule has 2 aliphatic rings. The van der Waals surface area contributed by atoms with E-state index in [-0.39, 0.29) is 6.17 Å². The number of likely N-dealkylation sites (N-methyl/N-ethyl adjacent to an activating group) is 1. The molecule has 4 heteroatoms. The number of anilines is 1. The van der Waals surface area contributed by atoms with E-state index in [0.717, 1.165) is 51.5 Å². The highest BCUT2D eigenvalue weighted by Crippen LogP contribution is 2.30. The Bertz CT molecular complexity index is 760. The minimum atomic E-state index is 0.163. The minimum absolute atomic E-state index is 0.163. The number of nitrogens with zero attached hydrogens (tertiary/aromatic N) is 4. The molecule has 0 amide bonds. The molecule has 1 atom stereocenters. The average molecular weight is 364 g/mol. The molecule has 27 heavy (non-hydrogen) atoms. The highest BCUT2D eigenvalue weighted by Gasteiger charge is 2.30. The van der Waals surface area contributed by atoms with E-state index in [1.807, 2.05) is 0 Å². The van der Waals surface area contributed by atoms with E-state index in [2.05, 4.69) is 77.1 Å². The quantitative estimate of drug-likeness (QED) is 0.825. The zero-order valence-electron chi connectivity index (χ0n) is 16.6. The van der Waals surface area contributed by atoms with Gasteiger partial charge in [-0.25, -0.2) is 0 Å². The van der Waals surface area contributed by atoms with E-state index < -0.39 is 0 Å². The lowest BCUT2D eigenvalue weighted by Crippen LogP contribution is -2.48. The highest BCUT2D eigenvalue weighted by atomic mass is 15.3. The first kappa shape index (κ1) is 18.3. The average Bonchev–Trinajstić information content (AvgIpc) is 2.99. The Morgan fingerprint density at radius 2 is 1.63 bits per heavy atom. The molecular weight excluding hydrogens is 332 g/mol. The molecule has 0 bridgehead atoms. The summed E-state index contributed by atoms with van der Waals surface area (Å²) >= 11 is 0. The maximum absolute atomic E-state index is 5.24. The fourth-order valence-electron chi connectivity index (χ4n) is 4.35. The lowest BCUT2D eigenvalue weighted by atomic mass is 10.1. The van der Waals surface area contributed by atoms with Gasteiger partial charge in [-0.15, -0.1) is 0 Å². The molecule has 0 fully saturated rings. The molecule has 0 saturated heterocycles. The van der Waals surface area contributed by atoms with Crippen LogP contribution in [0.1, 0.15) is 31.4 Å². The summed E-state index contributed by atoms with van der Waals surface area (Å²) in [5.41, 5.74) is 5.29. The van der Waals surface area contributed by atoms with Gasteiger partial charge in [-0.3, -0.25) is 15.1 Å². The van der Waals surface area contributed by atoms with Gasteiger partial charge < -0.3 is 4.90 Å². The molecule has 0 aromatic heterocycles. The van der Waals surface area contributed by atoms with Gasteiger partial charge in [0.1, 0.15) is 6.17 Å². The van der Waals surface area contributed by atoms with Crippen molar-refractivity contribution in [1.29, 1.82) is 0 Å². The van der Waals surface area contributed by atoms with Gasteiger partial charge in [0.15, 0.2) is 0 Å². The van der Waals surface area contributed by atoms with Gasteiger partial charge in [0.2, 0.25) is 0 Å². The first-order valence-electron chi connectivity index (χ1n) is 10.4. The van der Waals surface area contributed by atoms with E-state index in [1.54, 1.807) is 0 Å². The van der Waals surface area contributed by atoms with Crippen LogP contribution in [0.15, 0.2) is 48.5 Å². The Kier molecular flexibility index (Phi) is 5.65. The van der Waals surface area contributed by atoms with Gasteiger partial charge >= 0.3 is 0 Å². The van der Waals surface area contributed by atoms with Crippen LogP contribution >= 0.6 is 0 Å². The van der Waals surface area contributed by atoms with Gasteiger partial charge in [-0.05, 0) is 42.8 Å². The molecule has 4 rings (SSSR count). The highest BCUT2D eigenvalue weighted by molar-refractivity contribution is 5.56. The summed E-state index contributed by atoms with van der Waals surface area (Å²) in [5.74, 6) is 0. The lowest BCUT2D eigenvalue weighted by Gasteiger charge is -2.34. The second kappa shape index (κ2) is 8.32. The van der Waals surface area contributed by atoms with E-state index in [1.165, 1.54) is 23.2 Å². The second-order valence-electron chi connectivity index (χ2n) is 7.66.